The minimum absolute atomic E-state index is 0.170. The predicted octanol–water partition coefficient (Wildman–Crippen LogP) is 7.74. The van der Waals surface area contributed by atoms with Crippen LogP contribution in [-0.4, -0.2) is 0 Å². The van der Waals surface area contributed by atoms with Gasteiger partial charge >= 0.3 is 0 Å². The largest absolute Gasteiger partial charge is 0.206 e. The molecule has 144 valence electrons. The van der Waals surface area contributed by atoms with Crippen molar-refractivity contribution in [2.24, 2.45) is 17.8 Å². The first-order valence-electron chi connectivity index (χ1n) is 9.86. The second kappa shape index (κ2) is 7.50. The fraction of sp³-hybridized carbons (Fsp3) is 0.478. The maximum atomic E-state index is 14.8. The first-order chi connectivity index (χ1) is 12.9. The first-order valence-corrected chi connectivity index (χ1v) is 10.2. The van der Waals surface area contributed by atoms with Crippen LogP contribution in [0.1, 0.15) is 56.9 Å². The maximum Gasteiger partial charge on any atom is 0.145 e. The summed E-state index contributed by atoms with van der Waals surface area (Å²) in [7, 11) is 0. The van der Waals surface area contributed by atoms with Crippen LogP contribution in [0.3, 0.4) is 0 Å². The summed E-state index contributed by atoms with van der Waals surface area (Å²) in [5.74, 6) is 0.603. The highest BCUT2D eigenvalue weighted by atomic mass is 35.5. The van der Waals surface area contributed by atoms with E-state index in [2.05, 4.69) is 6.92 Å². The molecule has 0 heterocycles. The van der Waals surface area contributed by atoms with Gasteiger partial charge in [-0.25, -0.2) is 13.2 Å². The standard InChI is InChI=1S/C23H24ClF3/c1-13-2-3-15-9-16(5-4-14(15)8-13)17-6-7-19(20(25)10-17)18-11-21(26)23(24)22(27)12-18/h6-7,10-16H,2-5,8-9H2,1H3/t13?,14-,15-,16-/m1/s1. The molecule has 0 nitrogen and oxygen atoms in total. The van der Waals surface area contributed by atoms with E-state index in [4.69, 9.17) is 11.6 Å². The zero-order chi connectivity index (χ0) is 19.1. The fourth-order valence-corrected chi connectivity index (χ4v) is 5.27. The predicted molar refractivity (Wildman–Crippen MR) is 103 cm³/mol. The molecule has 27 heavy (non-hydrogen) atoms. The fourth-order valence-electron chi connectivity index (χ4n) is 5.16. The Bertz CT molecular complexity index is 825. The molecule has 2 fully saturated rings. The van der Waals surface area contributed by atoms with Crippen LogP contribution in [0.5, 0.6) is 0 Å². The van der Waals surface area contributed by atoms with Crippen LogP contribution in [0, 0.1) is 35.2 Å². The van der Waals surface area contributed by atoms with Gasteiger partial charge in [0, 0.05) is 5.56 Å². The monoisotopic (exact) mass is 392 g/mol. The van der Waals surface area contributed by atoms with Crippen molar-refractivity contribution in [3.05, 3.63) is 58.4 Å². The molecule has 2 aromatic rings. The summed E-state index contributed by atoms with van der Waals surface area (Å²) in [6.45, 7) is 2.35. The Labute approximate surface area is 163 Å². The Hall–Kier alpha value is -1.48. The van der Waals surface area contributed by atoms with Gasteiger partial charge in [-0.3, -0.25) is 0 Å². The summed E-state index contributed by atoms with van der Waals surface area (Å²) in [4.78, 5) is 0. The van der Waals surface area contributed by atoms with Gasteiger partial charge in [0.15, 0.2) is 0 Å². The molecule has 0 aliphatic heterocycles. The SMILES string of the molecule is CC1CC[C@@H]2C[C@H](c3ccc(-c4cc(F)c(Cl)c(F)c4)c(F)c3)CC[C@@H]2C1. The molecule has 0 radical (unpaired) electrons. The summed E-state index contributed by atoms with van der Waals surface area (Å²) < 4.78 is 42.2. The van der Waals surface area contributed by atoms with E-state index in [1.165, 1.54) is 25.7 Å². The molecule has 2 saturated carbocycles. The van der Waals surface area contributed by atoms with Crippen molar-refractivity contribution in [1.29, 1.82) is 0 Å². The van der Waals surface area contributed by atoms with Gasteiger partial charge in [0.1, 0.15) is 22.5 Å². The van der Waals surface area contributed by atoms with E-state index in [1.807, 2.05) is 6.07 Å². The summed E-state index contributed by atoms with van der Waals surface area (Å²) in [6.07, 6.45) is 7.35. The number of rotatable bonds is 2. The zero-order valence-electron chi connectivity index (χ0n) is 15.5. The van der Waals surface area contributed by atoms with Crippen LogP contribution in [0.4, 0.5) is 13.2 Å². The molecule has 2 aromatic carbocycles. The van der Waals surface area contributed by atoms with Gasteiger partial charge in [-0.15, -0.1) is 0 Å². The Balaban J connectivity index is 1.56. The second-order valence-corrected chi connectivity index (χ2v) is 8.82. The molecule has 0 saturated heterocycles. The number of hydrogen-bond donors (Lipinski definition) is 0. The minimum Gasteiger partial charge on any atom is -0.206 e. The lowest BCUT2D eigenvalue weighted by Gasteiger charge is -2.41. The molecule has 1 unspecified atom stereocenters. The molecule has 4 rings (SSSR count). The van der Waals surface area contributed by atoms with Crippen molar-refractivity contribution in [1.82, 2.24) is 0 Å². The van der Waals surface area contributed by atoms with E-state index in [1.54, 1.807) is 12.1 Å². The lowest BCUT2D eigenvalue weighted by Crippen LogP contribution is -2.29. The highest BCUT2D eigenvalue weighted by Gasteiger charge is 2.35. The molecule has 2 aliphatic carbocycles. The van der Waals surface area contributed by atoms with Crippen LogP contribution < -0.4 is 0 Å². The molecule has 0 N–H and O–H groups in total. The molecule has 0 bridgehead atoms. The zero-order valence-corrected chi connectivity index (χ0v) is 16.2. The number of halogens is 4. The van der Waals surface area contributed by atoms with E-state index in [0.29, 0.717) is 5.92 Å². The van der Waals surface area contributed by atoms with E-state index < -0.39 is 22.5 Å². The summed E-state index contributed by atoms with van der Waals surface area (Å²) in [5.41, 5.74) is 1.38. The number of fused-ring (bicyclic) bond motifs is 1. The van der Waals surface area contributed by atoms with Crippen LogP contribution >= 0.6 is 11.6 Å². The van der Waals surface area contributed by atoms with Crippen molar-refractivity contribution in [2.45, 2.75) is 51.4 Å². The highest BCUT2D eigenvalue weighted by molar-refractivity contribution is 6.31. The smallest absolute Gasteiger partial charge is 0.145 e. The van der Waals surface area contributed by atoms with Crippen LogP contribution in [0.2, 0.25) is 5.02 Å². The Morgan fingerprint density at radius 1 is 0.815 bits per heavy atom. The molecule has 4 atom stereocenters. The topological polar surface area (TPSA) is 0 Å². The van der Waals surface area contributed by atoms with E-state index >= 15 is 0 Å². The van der Waals surface area contributed by atoms with Gasteiger partial charge < -0.3 is 0 Å². The second-order valence-electron chi connectivity index (χ2n) is 8.44. The average Bonchev–Trinajstić information content (AvgIpc) is 2.65. The van der Waals surface area contributed by atoms with Crippen molar-refractivity contribution in [3.63, 3.8) is 0 Å². The Morgan fingerprint density at radius 3 is 2.19 bits per heavy atom. The third kappa shape index (κ3) is 3.76. The van der Waals surface area contributed by atoms with Crippen LogP contribution in [0.15, 0.2) is 30.3 Å². The van der Waals surface area contributed by atoms with E-state index in [9.17, 15) is 13.2 Å². The van der Waals surface area contributed by atoms with Gasteiger partial charge in [0.2, 0.25) is 0 Å². The summed E-state index contributed by atoms with van der Waals surface area (Å²) in [6, 6.07) is 7.27. The van der Waals surface area contributed by atoms with Crippen molar-refractivity contribution >= 4 is 11.6 Å². The van der Waals surface area contributed by atoms with Crippen molar-refractivity contribution in [2.75, 3.05) is 0 Å². The van der Waals surface area contributed by atoms with Gasteiger partial charge in [-0.1, -0.05) is 37.1 Å². The quantitative estimate of drug-likeness (QED) is 0.458. The van der Waals surface area contributed by atoms with Crippen LogP contribution in [-0.2, 0) is 0 Å². The number of benzene rings is 2. The van der Waals surface area contributed by atoms with Gasteiger partial charge in [0.25, 0.3) is 0 Å². The van der Waals surface area contributed by atoms with Gasteiger partial charge in [-0.2, -0.15) is 0 Å². The summed E-state index contributed by atoms with van der Waals surface area (Å²) in [5, 5.41) is -0.561. The Morgan fingerprint density at radius 2 is 1.48 bits per heavy atom. The lowest BCUT2D eigenvalue weighted by molar-refractivity contribution is 0.124. The molecule has 0 spiro atoms. The Kier molecular flexibility index (Phi) is 5.24. The van der Waals surface area contributed by atoms with Gasteiger partial charge in [-0.05, 0) is 85.1 Å². The molecular formula is C23H24ClF3. The molecule has 0 aromatic heterocycles. The minimum atomic E-state index is -0.875. The maximum absolute atomic E-state index is 14.8. The third-order valence-electron chi connectivity index (χ3n) is 6.63. The molecule has 4 heteroatoms. The first kappa shape index (κ1) is 18.9. The van der Waals surface area contributed by atoms with Gasteiger partial charge in [0.05, 0.1) is 0 Å². The van der Waals surface area contributed by atoms with Crippen molar-refractivity contribution in [3.8, 4) is 11.1 Å². The average molecular weight is 393 g/mol. The van der Waals surface area contributed by atoms with Crippen molar-refractivity contribution < 1.29 is 13.2 Å². The molecular weight excluding hydrogens is 369 g/mol. The summed E-state index contributed by atoms with van der Waals surface area (Å²) >= 11 is 5.52. The van der Waals surface area contributed by atoms with Crippen LogP contribution in [0.25, 0.3) is 11.1 Å². The number of hydrogen-bond acceptors (Lipinski definition) is 0. The third-order valence-corrected chi connectivity index (χ3v) is 7.00. The highest BCUT2D eigenvalue weighted by Crippen LogP contribution is 2.47. The normalized spacial score (nSPS) is 28.0. The molecule has 2 aliphatic rings. The lowest BCUT2D eigenvalue weighted by atomic mass is 9.64. The van der Waals surface area contributed by atoms with E-state index in [0.717, 1.165) is 48.3 Å². The molecule has 0 amide bonds. The van der Waals surface area contributed by atoms with E-state index in [-0.39, 0.29) is 11.1 Å².